The van der Waals surface area contributed by atoms with Crippen LogP contribution < -0.4 is 15.4 Å². The maximum Gasteiger partial charge on any atom is 0.239 e. The molecule has 29 heavy (non-hydrogen) atoms. The normalized spacial score (nSPS) is 10.7. The molecule has 2 rings (SSSR count). The summed E-state index contributed by atoms with van der Waals surface area (Å²) in [6.07, 6.45) is 0.818. The van der Waals surface area contributed by atoms with Gasteiger partial charge in [0.15, 0.2) is 5.96 Å². The largest absolute Gasteiger partial charge is 0.494 e. The molecule has 0 heterocycles. The first-order chi connectivity index (χ1) is 13.6. The second-order valence-corrected chi connectivity index (χ2v) is 6.42. The highest BCUT2D eigenvalue weighted by Gasteiger charge is 2.09. The van der Waals surface area contributed by atoms with E-state index in [4.69, 9.17) is 4.74 Å². The minimum atomic E-state index is -0.0495. The first kappa shape index (κ1) is 24.7. The van der Waals surface area contributed by atoms with Crippen molar-refractivity contribution in [3.05, 3.63) is 65.7 Å². The molecule has 0 atom stereocenters. The molecule has 2 aromatic rings. The number of rotatable bonds is 9. The molecule has 0 saturated heterocycles. The zero-order chi connectivity index (χ0) is 20.2. The van der Waals surface area contributed by atoms with Crippen LogP contribution in [0.25, 0.3) is 0 Å². The molecule has 6 nitrogen and oxygen atoms in total. The van der Waals surface area contributed by atoms with Crippen molar-refractivity contribution >= 4 is 35.8 Å². The molecular formula is C22H31IN4O2. The van der Waals surface area contributed by atoms with Gasteiger partial charge in [-0.05, 0) is 36.6 Å². The molecule has 0 aliphatic rings. The van der Waals surface area contributed by atoms with Gasteiger partial charge in [0.25, 0.3) is 0 Å². The number of benzene rings is 2. The standard InChI is InChI=1S/C22H30N4O2.HI/c1-4-28-20-12-10-19(11-13-20)17-26(3)22(23-2)25-16-21(27)24-15-14-18-8-6-5-7-9-18;/h5-13H,4,14-17H2,1-3H3,(H,23,25)(H,24,27);1H. The third-order valence-corrected chi connectivity index (χ3v) is 4.21. The van der Waals surface area contributed by atoms with Crippen molar-refractivity contribution in [3.63, 3.8) is 0 Å². The molecule has 0 unspecified atom stereocenters. The van der Waals surface area contributed by atoms with Crippen LogP contribution in [0.3, 0.4) is 0 Å². The fourth-order valence-electron chi connectivity index (χ4n) is 2.80. The van der Waals surface area contributed by atoms with Gasteiger partial charge in [0.1, 0.15) is 5.75 Å². The Morgan fingerprint density at radius 1 is 1.03 bits per heavy atom. The Bertz CT molecular complexity index is 751. The van der Waals surface area contributed by atoms with Gasteiger partial charge >= 0.3 is 0 Å². The smallest absolute Gasteiger partial charge is 0.239 e. The molecule has 158 valence electrons. The molecule has 0 bridgehead atoms. The maximum absolute atomic E-state index is 12.1. The lowest BCUT2D eigenvalue weighted by Gasteiger charge is -2.22. The molecule has 0 spiro atoms. The average Bonchev–Trinajstić information content (AvgIpc) is 2.71. The van der Waals surface area contributed by atoms with E-state index in [-0.39, 0.29) is 36.4 Å². The summed E-state index contributed by atoms with van der Waals surface area (Å²) in [6.45, 7) is 4.11. The highest BCUT2D eigenvalue weighted by Crippen LogP contribution is 2.13. The first-order valence-electron chi connectivity index (χ1n) is 9.56. The quantitative estimate of drug-likeness (QED) is 0.309. The Kier molecular flexibility index (Phi) is 11.8. The minimum Gasteiger partial charge on any atom is -0.494 e. The number of amides is 1. The topological polar surface area (TPSA) is 66.0 Å². The van der Waals surface area contributed by atoms with E-state index in [1.807, 2.05) is 61.3 Å². The van der Waals surface area contributed by atoms with Crippen LogP contribution in [-0.2, 0) is 17.8 Å². The van der Waals surface area contributed by atoms with Crippen LogP contribution in [0.15, 0.2) is 59.6 Å². The second kappa shape index (κ2) is 13.8. The van der Waals surface area contributed by atoms with Gasteiger partial charge in [0.2, 0.25) is 5.91 Å². The lowest BCUT2D eigenvalue weighted by molar-refractivity contribution is -0.120. The fourth-order valence-corrected chi connectivity index (χ4v) is 2.80. The van der Waals surface area contributed by atoms with E-state index < -0.39 is 0 Å². The summed E-state index contributed by atoms with van der Waals surface area (Å²) in [5.74, 6) is 1.49. The van der Waals surface area contributed by atoms with Gasteiger partial charge < -0.3 is 20.3 Å². The van der Waals surface area contributed by atoms with E-state index in [0.717, 1.165) is 17.7 Å². The average molecular weight is 510 g/mol. The van der Waals surface area contributed by atoms with Gasteiger partial charge in [0.05, 0.1) is 13.2 Å². The molecule has 0 radical (unpaired) electrons. The van der Waals surface area contributed by atoms with Crippen LogP contribution in [0.4, 0.5) is 0 Å². The Hall–Kier alpha value is -2.29. The van der Waals surface area contributed by atoms with E-state index in [1.165, 1.54) is 5.56 Å². The van der Waals surface area contributed by atoms with Gasteiger partial charge in [-0.25, -0.2) is 0 Å². The Labute approximate surface area is 190 Å². The number of aliphatic imine (C=N–C) groups is 1. The van der Waals surface area contributed by atoms with Crippen LogP contribution in [0.5, 0.6) is 5.75 Å². The highest BCUT2D eigenvalue weighted by atomic mass is 127. The number of hydrogen-bond acceptors (Lipinski definition) is 3. The van der Waals surface area contributed by atoms with E-state index in [9.17, 15) is 4.79 Å². The van der Waals surface area contributed by atoms with Gasteiger partial charge in [-0.3, -0.25) is 9.79 Å². The van der Waals surface area contributed by atoms with Crippen molar-refractivity contribution in [2.24, 2.45) is 4.99 Å². The zero-order valence-corrected chi connectivity index (χ0v) is 19.7. The summed E-state index contributed by atoms with van der Waals surface area (Å²) in [4.78, 5) is 18.3. The molecule has 0 saturated carbocycles. The Morgan fingerprint density at radius 3 is 2.34 bits per heavy atom. The summed E-state index contributed by atoms with van der Waals surface area (Å²) < 4.78 is 5.47. The van der Waals surface area contributed by atoms with Crippen LogP contribution in [0.1, 0.15) is 18.1 Å². The summed E-state index contributed by atoms with van der Waals surface area (Å²) in [7, 11) is 3.66. The number of carbonyl (C=O) groups excluding carboxylic acids is 1. The second-order valence-electron chi connectivity index (χ2n) is 6.42. The predicted octanol–water partition coefficient (Wildman–Crippen LogP) is 3.07. The molecule has 0 aliphatic heterocycles. The summed E-state index contributed by atoms with van der Waals surface area (Å²) in [5, 5.41) is 6.04. The third kappa shape index (κ3) is 9.17. The Morgan fingerprint density at radius 2 is 1.72 bits per heavy atom. The van der Waals surface area contributed by atoms with E-state index in [1.54, 1.807) is 7.05 Å². The SMILES string of the molecule is CCOc1ccc(CN(C)C(=NC)NCC(=O)NCCc2ccccc2)cc1.I. The fraction of sp³-hybridized carbons (Fsp3) is 0.364. The Balaban J connectivity index is 0.00000420. The lowest BCUT2D eigenvalue weighted by Crippen LogP contribution is -2.44. The van der Waals surface area contributed by atoms with E-state index in [2.05, 4.69) is 27.8 Å². The minimum absolute atomic E-state index is 0. The van der Waals surface area contributed by atoms with Crippen LogP contribution in [0, 0.1) is 0 Å². The van der Waals surface area contributed by atoms with E-state index in [0.29, 0.717) is 25.7 Å². The number of nitrogens with zero attached hydrogens (tertiary/aromatic N) is 2. The third-order valence-electron chi connectivity index (χ3n) is 4.21. The van der Waals surface area contributed by atoms with Gasteiger partial charge in [0, 0.05) is 27.2 Å². The van der Waals surface area contributed by atoms with E-state index >= 15 is 0 Å². The summed E-state index contributed by atoms with van der Waals surface area (Å²) in [6, 6.07) is 18.1. The summed E-state index contributed by atoms with van der Waals surface area (Å²) in [5.41, 5.74) is 2.35. The monoisotopic (exact) mass is 510 g/mol. The first-order valence-corrected chi connectivity index (χ1v) is 9.56. The summed E-state index contributed by atoms with van der Waals surface area (Å²) >= 11 is 0. The van der Waals surface area contributed by atoms with Crippen molar-refractivity contribution in [1.29, 1.82) is 0 Å². The molecular weight excluding hydrogens is 479 g/mol. The van der Waals surface area contributed by atoms with Crippen molar-refractivity contribution in [3.8, 4) is 5.75 Å². The van der Waals surface area contributed by atoms with Crippen LogP contribution in [0.2, 0.25) is 0 Å². The van der Waals surface area contributed by atoms with Crippen molar-refractivity contribution in [2.75, 3.05) is 33.8 Å². The van der Waals surface area contributed by atoms with Crippen molar-refractivity contribution in [1.82, 2.24) is 15.5 Å². The maximum atomic E-state index is 12.1. The van der Waals surface area contributed by atoms with Gasteiger partial charge in [-0.2, -0.15) is 0 Å². The number of halogens is 1. The predicted molar refractivity (Wildman–Crippen MR) is 129 cm³/mol. The molecule has 2 aromatic carbocycles. The molecule has 1 amide bonds. The number of guanidine groups is 1. The lowest BCUT2D eigenvalue weighted by atomic mass is 10.1. The van der Waals surface area contributed by atoms with Crippen molar-refractivity contribution < 1.29 is 9.53 Å². The van der Waals surface area contributed by atoms with Crippen LogP contribution >= 0.6 is 24.0 Å². The number of ether oxygens (including phenoxy) is 1. The van der Waals surface area contributed by atoms with Crippen molar-refractivity contribution in [2.45, 2.75) is 19.9 Å². The van der Waals surface area contributed by atoms with Crippen LogP contribution in [-0.4, -0.2) is 50.6 Å². The van der Waals surface area contributed by atoms with Gasteiger partial charge in [-0.15, -0.1) is 24.0 Å². The molecule has 0 fully saturated rings. The highest BCUT2D eigenvalue weighted by molar-refractivity contribution is 14.0. The number of nitrogens with one attached hydrogen (secondary N) is 2. The molecule has 0 aliphatic carbocycles. The molecule has 7 heteroatoms. The zero-order valence-electron chi connectivity index (χ0n) is 17.4. The van der Waals surface area contributed by atoms with Gasteiger partial charge in [-0.1, -0.05) is 42.5 Å². The number of hydrogen-bond donors (Lipinski definition) is 2. The number of carbonyl (C=O) groups is 1. The molecule has 0 aromatic heterocycles. The molecule has 2 N–H and O–H groups in total.